The van der Waals surface area contributed by atoms with Gasteiger partial charge in [0.25, 0.3) is 0 Å². The van der Waals surface area contributed by atoms with Crippen LogP contribution in [0.3, 0.4) is 0 Å². The lowest BCUT2D eigenvalue weighted by molar-refractivity contribution is 0.417. The van der Waals surface area contributed by atoms with E-state index >= 15 is 0 Å². The molecule has 1 aliphatic heterocycles. The highest BCUT2D eigenvalue weighted by Crippen LogP contribution is 2.45. The van der Waals surface area contributed by atoms with Crippen molar-refractivity contribution >= 4 is 11.9 Å². The van der Waals surface area contributed by atoms with Gasteiger partial charge in [0, 0.05) is 43.4 Å². The molecule has 3 fully saturated rings. The van der Waals surface area contributed by atoms with E-state index in [0.717, 1.165) is 31.2 Å². The van der Waals surface area contributed by atoms with E-state index in [9.17, 15) is 0 Å². The molecule has 140 valence electrons. The zero-order valence-electron chi connectivity index (χ0n) is 16.1. The molecule has 2 aromatic heterocycles. The summed E-state index contributed by atoms with van der Waals surface area (Å²) in [7, 11) is 0. The fourth-order valence-corrected chi connectivity index (χ4v) is 4.35. The standard InChI is InChI=1S/C23H28N4/c1-3-19-13-18(8-9-24-19)20-12-15(2)23(26-22(20)17-6-7-17)27-11-10-25-21(14-27)16-4-5-16/h3,8-9,12-13,16-17,21,25H,1,4-7,10-11,14H2,2H3/t21-/m0/s1. The van der Waals surface area contributed by atoms with Crippen molar-refractivity contribution in [3.8, 4) is 11.1 Å². The smallest absolute Gasteiger partial charge is 0.131 e. The van der Waals surface area contributed by atoms with Crippen molar-refractivity contribution in [3.05, 3.63) is 47.9 Å². The van der Waals surface area contributed by atoms with Crippen LogP contribution in [0.5, 0.6) is 0 Å². The molecule has 1 atom stereocenters. The van der Waals surface area contributed by atoms with Crippen LogP contribution >= 0.6 is 0 Å². The zero-order chi connectivity index (χ0) is 18.4. The van der Waals surface area contributed by atoms with Gasteiger partial charge >= 0.3 is 0 Å². The lowest BCUT2D eigenvalue weighted by Gasteiger charge is -2.36. The predicted molar refractivity (Wildman–Crippen MR) is 111 cm³/mol. The van der Waals surface area contributed by atoms with E-state index in [1.807, 2.05) is 12.3 Å². The third-order valence-electron chi connectivity index (χ3n) is 6.18. The van der Waals surface area contributed by atoms with E-state index in [0.29, 0.717) is 12.0 Å². The number of aryl methyl sites for hydroxylation is 1. The minimum atomic E-state index is 0.613. The second kappa shape index (κ2) is 6.75. The van der Waals surface area contributed by atoms with Gasteiger partial charge in [-0.2, -0.15) is 0 Å². The highest BCUT2D eigenvalue weighted by Gasteiger charge is 2.35. The van der Waals surface area contributed by atoms with Crippen LogP contribution in [-0.4, -0.2) is 35.6 Å². The van der Waals surface area contributed by atoms with Gasteiger partial charge in [0.15, 0.2) is 0 Å². The highest BCUT2D eigenvalue weighted by molar-refractivity contribution is 5.72. The SMILES string of the molecule is C=Cc1cc(-c2cc(C)c(N3CCN[C@H](C4CC4)C3)nc2C2CC2)ccn1. The Morgan fingerprint density at radius 2 is 2.07 bits per heavy atom. The number of nitrogens with one attached hydrogen (secondary N) is 1. The van der Waals surface area contributed by atoms with E-state index in [-0.39, 0.29) is 0 Å². The molecule has 0 aromatic carbocycles. The van der Waals surface area contributed by atoms with Crippen molar-refractivity contribution in [3.63, 3.8) is 0 Å². The molecular formula is C23H28N4. The van der Waals surface area contributed by atoms with Gasteiger partial charge in [0.05, 0.1) is 11.4 Å². The Morgan fingerprint density at radius 3 is 2.81 bits per heavy atom. The summed E-state index contributed by atoms with van der Waals surface area (Å²) in [6, 6.07) is 7.22. The van der Waals surface area contributed by atoms with Gasteiger partial charge in [-0.15, -0.1) is 0 Å². The Kier molecular flexibility index (Phi) is 4.24. The number of rotatable bonds is 5. The third-order valence-corrected chi connectivity index (χ3v) is 6.18. The molecular weight excluding hydrogens is 332 g/mol. The van der Waals surface area contributed by atoms with Crippen molar-refractivity contribution in [1.82, 2.24) is 15.3 Å². The molecule has 0 bridgehead atoms. The molecule has 5 rings (SSSR count). The van der Waals surface area contributed by atoms with E-state index in [4.69, 9.17) is 4.98 Å². The average molecular weight is 361 g/mol. The fraction of sp³-hybridized carbons (Fsp3) is 0.478. The predicted octanol–water partition coefficient (Wildman–Crippen LogP) is 4.16. The van der Waals surface area contributed by atoms with Crippen LogP contribution in [0.2, 0.25) is 0 Å². The zero-order valence-corrected chi connectivity index (χ0v) is 16.1. The fourth-order valence-electron chi connectivity index (χ4n) is 4.35. The van der Waals surface area contributed by atoms with Crippen LogP contribution in [0.1, 0.15) is 48.6 Å². The Labute approximate surface area is 161 Å². The second-order valence-electron chi connectivity index (χ2n) is 8.35. The summed E-state index contributed by atoms with van der Waals surface area (Å²) in [5.41, 5.74) is 5.96. The molecule has 3 heterocycles. The first-order chi connectivity index (χ1) is 13.2. The molecule has 3 aliphatic rings. The lowest BCUT2D eigenvalue weighted by atomic mass is 9.99. The van der Waals surface area contributed by atoms with Crippen LogP contribution in [-0.2, 0) is 0 Å². The molecule has 4 nitrogen and oxygen atoms in total. The number of piperazine rings is 1. The maximum atomic E-state index is 5.26. The summed E-state index contributed by atoms with van der Waals surface area (Å²) >= 11 is 0. The topological polar surface area (TPSA) is 41.0 Å². The Bertz CT molecular complexity index is 867. The first-order valence-corrected chi connectivity index (χ1v) is 10.3. The Balaban J connectivity index is 1.52. The summed E-state index contributed by atoms with van der Waals surface area (Å²) in [6.45, 7) is 9.29. The van der Waals surface area contributed by atoms with E-state index < -0.39 is 0 Å². The van der Waals surface area contributed by atoms with Crippen LogP contribution in [0, 0.1) is 12.8 Å². The molecule has 4 heteroatoms. The van der Waals surface area contributed by atoms with Crippen molar-refractivity contribution in [1.29, 1.82) is 0 Å². The quantitative estimate of drug-likeness (QED) is 0.869. The van der Waals surface area contributed by atoms with Crippen LogP contribution in [0.25, 0.3) is 17.2 Å². The van der Waals surface area contributed by atoms with Crippen LogP contribution in [0.15, 0.2) is 31.0 Å². The maximum absolute atomic E-state index is 5.26. The van der Waals surface area contributed by atoms with Crippen molar-refractivity contribution in [2.45, 2.75) is 44.6 Å². The molecule has 2 saturated carbocycles. The van der Waals surface area contributed by atoms with Gasteiger partial charge in [-0.25, -0.2) is 4.98 Å². The largest absolute Gasteiger partial charge is 0.354 e. The molecule has 0 amide bonds. The Hall–Kier alpha value is -2.20. The molecule has 1 saturated heterocycles. The van der Waals surface area contributed by atoms with Crippen LogP contribution < -0.4 is 10.2 Å². The minimum absolute atomic E-state index is 0.613. The normalized spacial score (nSPS) is 22.7. The van der Waals surface area contributed by atoms with Gasteiger partial charge in [-0.05, 0) is 73.9 Å². The van der Waals surface area contributed by atoms with Gasteiger partial charge in [0.1, 0.15) is 5.82 Å². The average Bonchev–Trinajstić information content (AvgIpc) is 3.60. The van der Waals surface area contributed by atoms with Gasteiger partial charge in [0.2, 0.25) is 0 Å². The van der Waals surface area contributed by atoms with E-state index in [2.05, 4.69) is 46.9 Å². The second-order valence-corrected chi connectivity index (χ2v) is 8.35. The number of nitrogens with zero attached hydrogens (tertiary/aromatic N) is 3. The summed E-state index contributed by atoms with van der Waals surface area (Å²) in [5.74, 6) is 2.69. The van der Waals surface area contributed by atoms with Crippen molar-refractivity contribution < 1.29 is 0 Å². The summed E-state index contributed by atoms with van der Waals surface area (Å²) < 4.78 is 0. The highest BCUT2D eigenvalue weighted by atomic mass is 15.2. The van der Waals surface area contributed by atoms with Gasteiger partial charge < -0.3 is 10.2 Å². The molecule has 0 radical (unpaired) electrons. The van der Waals surface area contributed by atoms with Gasteiger partial charge in [-0.3, -0.25) is 4.98 Å². The molecule has 2 aromatic rings. The molecule has 0 spiro atoms. The van der Waals surface area contributed by atoms with Crippen LogP contribution in [0.4, 0.5) is 5.82 Å². The van der Waals surface area contributed by atoms with Crippen molar-refractivity contribution in [2.75, 3.05) is 24.5 Å². The summed E-state index contributed by atoms with van der Waals surface area (Å²) in [6.07, 6.45) is 8.98. The molecule has 2 aliphatic carbocycles. The number of hydrogen-bond donors (Lipinski definition) is 1. The molecule has 0 unspecified atom stereocenters. The first-order valence-electron chi connectivity index (χ1n) is 10.3. The number of hydrogen-bond acceptors (Lipinski definition) is 4. The molecule has 1 N–H and O–H groups in total. The van der Waals surface area contributed by atoms with E-state index in [1.165, 1.54) is 53.9 Å². The summed E-state index contributed by atoms with van der Waals surface area (Å²) in [4.78, 5) is 12.1. The summed E-state index contributed by atoms with van der Waals surface area (Å²) in [5, 5.41) is 3.71. The minimum Gasteiger partial charge on any atom is -0.354 e. The maximum Gasteiger partial charge on any atom is 0.131 e. The third kappa shape index (κ3) is 3.39. The molecule has 27 heavy (non-hydrogen) atoms. The lowest BCUT2D eigenvalue weighted by Crippen LogP contribution is -2.52. The monoisotopic (exact) mass is 360 g/mol. The van der Waals surface area contributed by atoms with E-state index in [1.54, 1.807) is 0 Å². The number of aromatic nitrogens is 2. The van der Waals surface area contributed by atoms with Gasteiger partial charge in [-0.1, -0.05) is 6.58 Å². The first kappa shape index (κ1) is 16.9. The van der Waals surface area contributed by atoms with Crippen molar-refractivity contribution in [2.24, 2.45) is 5.92 Å². The number of anilines is 1. The number of pyridine rings is 2. The Morgan fingerprint density at radius 1 is 1.22 bits per heavy atom.